The van der Waals surface area contributed by atoms with E-state index in [4.69, 9.17) is 10.2 Å². The number of nitrogens with two attached hydrogens (primary N) is 1. The summed E-state index contributed by atoms with van der Waals surface area (Å²) in [6.45, 7) is 0. The van der Waals surface area contributed by atoms with E-state index < -0.39 is 0 Å². The summed E-state index contributed by atoms with van der Waals surface area (Å²) >= 11 is 1.49. The van der Waals surface area contributed by atoms with Gasteiger partial charge in [-0.25, -0.2) is 4.98 Å². The Balaban J connectivity index is 1.80. The van der Waals surface area contributed by atoms with Crippen LogP contribution in [0.1, 0.15) is 0 Å². The van der Waals surface area contributed by atoms with E-state index in [0.717, 1.165) is 26.9 Å². The Morgan fingerprint density at radius 3 is 2.81 bits per heavy atom. The average molecular weight is 293 g/mol. The molecule has 0 fully saturated rings. The number of oxazole rings is 1. The lowest BCUT2D eigenvalue weighted by molar-refractivity contribution is 0.489. The Bertz CT molecular complexity index is 915. The van der Waals surface area contributed by atoms with Gasteiger partial charge in [-0.15, -0.1) is 0 Å². The van der Waals surface area contributed by atoms with Crippen LogP contribution in [-0.4, -0.2) is 9.97 Å². The molecule has 0 spiro atoms. The molecular formula is C16H11N3OS. The Morgan fingerprint density at radius 1 is 1.00 bits per heavy atom. The Kier molecular flexibility index (Phi) is 2.79. The van der Waals surface area contributed by atoms with Crippen molar-refractivity contribution in [3.63, 3.8) is 0 Å². The number of rotatable bonds is 2. The highest BCUT2D eigenvalue weighted by Gasteiger charge is 2.10. The highest BCUT2D eigenvalue weighted by Crippen LogP contribution is 2.34. The number of hydrogen-bond acceptors (Lipinski definition) is 5. The van der Waals surface area contributed by atoms with Crippen molar-refractivity contribution in [2.45, 2.75) is 10.1 Å². The minimum Gasteiger partial charge on any atom is -0.431 e. The third kappa shape index (κ3) is 2.21. The average Bonchev–Trinajstić information content (AvgIpc) is 2.89. The second kappa shape index (κ2) is 4.79. The number of hydrogen-bond donors (Lipinski definition) is 1. The number of fused-ring (bicyclic) bond motifs is 2. The number of aromatic nitrogens is 2. The molecule has 0 aliphatic rings. The fourth-order valence-electron chi connectivity index (χ4n) is 2.22. The van der Waals surface area contributed by atoms with Crippen molar-refractivity contribution in [3.8, 4) is 0 Å². The zero-order valence-electron chi connectivity index (χ0n) is 11.0. The summed E-state index contributed by atoms with van der Waals surface area (Å²) in [6, 6.07) is 15.4. The van der Waals surface area contributed by atoms with Gasteiger partial charge in [0.15, 0.2) is 5.58 Å². The molecule has 4 rings (SSSR count). The molecule has 2 aromatic carbocycles. The molecule has 0 saturated carbocycles. The van der Waals surface area contributed by atoms with E-state index in [2.05, 4.69) is 9.97 Å². The summed E-state index contributed by atoms with van der Waals surface area (Å²) in [5.41, 5.74) is 9.04. The normalized spacial score (nSPS) is 11.2. The van der Waals surface area contributed by atoms with Crippen molar-refractivity contribution < 1.29 is 4.42 Å². The number of nitrogen functional groups attached to an aromatic ring is 1. The Labute approximate surface area is 125 Å². The predicted octanol–water partition coefficient (Wildman–Crippen LogP) is 4.11. The minimum absolute atomic E-state index is 0.625. The SMILES string of the molecule is Nc1ccc2c(Sc3nc4ccccc4o3)ccnc2c1. The zero-order chi connectivity index (χ0) is 14.2. The van der Waals surface area contributed by atoms with Gasteiger partial charge in [0.2, 0.25) is 0 Å². The van der Waals surface area contributed by atoms with Gasteiger partial charge < -0.3 is 10.2 Å². The number of anilines is 1. The minimum atomic E-state index is 0.625. The Hall–Kier alpha value is -2.53. The van der Waals surface area contributed by atoms with Gasteiger partial charge in [-0.1, -0.05) is 12.1 Å². The maximum Gasteiger partial charge on any atom is 0.261 e. The van der Waals surface area contributed by atoms with Crippen molar-refractivity contribution in [2.24, 2.45) is 0 Å². The van der Waals surface area contributed by atoms with Crippen LogP contribution in [0, 0.1) is 0 Å². The van der Waals surface area contributed by atoms with Crippen molar-refractivity contribution in [2.75, 3.05) is 5.73 Å². The molecule has 21 heavy (non-hydrogen) atoms. The van der Waals surface area contributed by atoms with E-state index in [-0.39, 0.29) is 0 Å². The molecule has 2 heterocycles. The van der Waals surface area contributed by atoms with Crippen LogP contribution in [0.4, 0.5) is 5.69 Å². The van der Waals surface area contributed by atoms with Gasteiger partial charge in [-0.05, 0) is 48.2 Å². The number of para-hydroxylation sites is 2. The molecule has 4 aromatic rings. The fraction of sp³-hybridized carbons (Fsp3) is 0. The van der Waals surface area contributed by atoms with Crippen LogP contribution in [0.15, 0.2) is 69.3 Å². The van der Waals surface area contributed by atoms with E-state index in [1.165, 1.54) is 11.8 Å². The van der Waals surface area contributed by atoms with Crippen molar-refractivity contribution >= 4 is 39.5 Å². The molecule has 102 valence electrons. The van der Waals surface area contributed by atoms with E-state index >= 15 is 0 Å². The van der Waals surface area contributed by atoms with Crippen molar-refractivity contribution in [1.82, 2.24) is 9.97 Å². The van der Waals surface area contributed by atoms with Gasteiger partial charge in [0, 0.05) is 22.2 Å². The summed E-state index contributed by atoms with van der Waals surface area (Å²) in [6.07, 6.45) is 1.77. The first-order valence-corrected chi connectivity index (χ1v) is 7.29. The molecule has 0 amide bonds. The number of pyridine rings is 1. The van der Waals surface area contributed by atoms with Gasteiger partial charge in [0.25, 0.3) is 5.22 Å². The highest BCUT2D eigenvalue weighted by atomic mass is 32.2. The highest BCUT2D eigenvalue weighted by molar-refractivity contribution is 7.99. The van der Waals surface area contributed by atoms with Gasteiger partial charge in [0.05, 0.1) is 5.52 Å². The predicted molar refractivity (Wildman–Crippen MR) is 84.3 cm³/mol. The molecule has 0 aliphatic heterocycles. The lowest BCUT2D eigenvalue weighted by atomic mass is 10.2. The Morgan fingerprint density at radius 2 is 1.90 bits per heavy atom. The molecule has 0 saturated heterocycles. The molecule has 4 nitrogen and oxygen atoms in total. The van der Waals surface area contributed by atoms with Crippen LogP contribution in [0.25, 0.3) is 22.0 Å². The first-order valence-electron chi connectivity index (χ1n) is 6.47. The summed E-state index contributed by atoms with van der Waals surface area (Å²) in [4.78, 5) is 9.87. The maximum absolute atomic E-state index is 5.80. The van der Waals surface area contributed by atoms with Gasteiger partial charge in [-0.3, -0.25) is 4.98 Å². The standard InChI is InChI=1S/C16H11N3OS/c17-10-5-6-11-13(9-10)18-8-7-15(11)21-16-19-12-3-1-2-4-14(12)20-16/h1-9H,17H2. The van der Waals surface area contributed by atoms with Crippen LogP contribution in [0.2, 0.25) is 0 Å². The van der Waals surface area contributed by atoms with E-state index in [0.29, 0.717) is 10.9 Å². The lowest BCUT2D eigenvalue weighted by Gasteiger charge is -2.03. The lowest BCUT2D eigenvalue weighted by Crippen LogP contribution is -1.87. The van der Waals surface area contributed by atoms with Crippen LogP contribution < -0.4 is 5.73 Å². The van der Waals surface area contributed by atoms with Crippen molar-refractivity contribution in [3.05, 3.63) is 54.7 Å². The molecule has 5 heteroatoms. The number of benzene rings is 2. The van der Waals surface area contributed by atoms with Gasteiger partial charge in [-0.2, -0.15) is 0 Å². The molecule has 0 atom stereocenters. The summed E-state index contributed by atoms with van der Waals surface area (Å²) in [5, 5.41) is 1.67. The van der Waals surface area contributed by atoms with Crippen LogP contribution in [-0.2, 0) is 0 Å². The molecule has 0 unspecified atom stereocenters. The van der Waals surface area contributed by atoms with Crippen molar-refractivity contribution in [1.29, 1.82) is 0 Å². The molecule has 2 N–H and O–H groups in total. The van der Waals surface area contributed by atoms with Crippen LogP contribution in [0.3, 0.4) is 0 Å². The van der Waals surface area contributed by atoms with E-state index in [1.54, 1.807) is 6.20 Å². The van der Waals surface area contributed by atoms with Crippen LogP contribution >= 0.6 is 11.8 Å². The molecule has 0 bridgehead atoms. The molecule has 0 aliphatic carbocycles. The molecule has 2 aromatic heterocycles. The third-order valence-electron chi connectivity index (χ3n) is 3.20. The number of nitrogens with zero attached hydrogens (tertiary/aromatic N) is 2. The maximum atomic E-state index is 5.80. The summed E-state index contributed by atoms with van der Waals surface area (Å²) in [7, 11) is 0. The van der Waals surface area contributed by atoms with Gasteiger partial charge in [0.1, 0.15) is 5.52 Å². The topological polar surface area (TPSA) is 64.9 Å². The second-order valence-electron chi connectivity index (χ2n) is 4.64. The van der Waals surface area contributed by atoms with E-state index in [1.807, 2.05) is 48.5 Å². The third-order valence-corrected chi connectivity index (χ3v) is 4.12. The zero-order valence-corrected chi connectivity index (χ0v) is 11.8. The molecule has 0 radical (unpaired) electrons. The van der Waals surface area contributed by atoms with Gasteiger partial charge >= 0.3 is 0 Å². The monoisotopic (exact) mass is 293 g/mol. The molecular weight excluding hydrogens is 282 g/mol. The quantitative estimate of drug-likeness (QED) is 0.563. The smallest absolute Gasteiger partial charge is 0.261 e. The first-order chi connectivity index (χ1) is 10.3. The summed E-state index contributed by atoms with van der Waals surface area (Å²) in [5.74, 6) is 0. The van der Waals surface area contributed by atoms with Crippen LogP contribution in [0.5, 0.6) is 0 Å². The second-order valence-corrected chi connectivity index (χ2v) is 5.63. The van der Waals surface area contributed by atoms with E-state index in [9.17, 15) is 0 Å². The largest absolute Gasteiger partial charge is 0.431 e. The summed E-state index contributed by atoms with van der Waals surface area (Å²) < 4.78 is 5.75. The first kappa shape index (κ1) is 12.2. The fourth-order valence-corrected chi connectivity index (χ4v) is 3.09.